The van der Waals surface area contributed by atoms with Crippen LogP contribution >= 0.6 is 0 Å². The molecule has 0 N–H and O–H groups in total. The third-order valence-corrected chi connectivity index (χ3v) is 14.7. The van der Waals surface area contributed by atoms with Gasteiger partial charge >= 0.3 is 17.9 Å². The minimum atomic E-state index is -0.782. The van der Waals surface area contributed by atoms with Gasteiger partial charge in [-0.15, -0.1) is 0 Å². The molecule has 6 nitrogen and oxygen atoms in total. The van der Waals surface area contributed by atoms with Gasteiger partial charge in [0.2, 0.25) is 0 Å². The molecular formula is C70H126O6. The average Bonchev–Trinajstić information content (AvgIpc) is 3.42. The van der Waals surface area contributed by atoms with Crippen molar-refractivity contribution in [3.8, 4) is 0 Å². The molecule has 0 aromatic heterocycles. The second kappa shape index (κ2) is 64.6. The summed E-state index contributed by atoms with van der Waals surface area (Å²) < 4.78 is 17.0. The first kappa shape index (κ1) is 73.1. The van der Waals surface area contributed by atoms with E-state index < -0.39 is 6.10 Å². The molecule has 0 heterocycles. The molecule has 1 atom stereocenters. The van der Waals surface area contributed by atoms with Gasteiger partial charge in [0.05, 0.1) is 0 Å². The highest BCUT2D eigenvalue weighted by molar-refractivity contribution is 5.71. The molecule has 1 unspecified atom stereocenters. The third-order valence-electron chi connectivity index (χ3n) is 14.7. The first-order chi connectivity index (χ1) is 37.5. The molecule has 0 aliphatic carbocycles. The van der Waals surface area contributed by atoms with Crippen LogP contribution in [0.4, 0.5) is 0 Å². The number of carbonyl (C=O) groups excluding carboxylic acids is 3. The Morgan fingerprint density at radius 2 is 0.474 bits per heavy atom. The molecule has 0 fully saturated rings. The van der Waals surface area contributed by atoms with E-state index in [1.54, 1.807) is 0 Å². The quantitative estimate of drug-likeness (QED) is 0.0261. The third kappa shape index (κ3) is 62.0. The summed E-state index contributed by atoms with van der Waals surface area (Å²) in [5.41, 5.74) is 0. The molecular weight excluding hydrogens is 937 g/mol. The van der Waals surface area contributed by atoms with Crippen molar-refractivity contribution in [3.05, 3.63) is 60.8 Å². The first-order valence-corrected chi connectivity index (χ1v) is 33.3. The van der Waals surface area contributed by atoms with Crippen LogP contribution in [0, 0.1) is 0 Å². The van der Waals surface area contributed by atoms with Gasteiger partial charge in [-0.3, -0.25) is 14.4 Å². The molecule has 0 radical (unpaired) electrons. The van der Waals surface area contributed by atoms with E-state index in [1.807, 2.05) is 0 Å². The molecule has 0 saturated carbocycles. The Kier molecular flexibility index (Phi) is 62.2. The monoisotopic (exact) mass is 1060 g/mol. The number of hydrogen-bond acceptors (Lipinski definition) is 6. The van der Waals surface area contributed by atoms with Gasteiger partial charge in [-0.1, -0.05) is 300 Å². The van der Waals surface area contributed by atoms with E-state index >= 15 is 0 Å². The van der Waals surface area contributed by atoms with Crippen LogP contribution in [-0.2, 0) is 28.6 Å². The summed E-state index contributed by atoms with van der Waals surface area (Å²) >= 11 is 0. The van der Waals surface area contributed by atoms with Crippen LogP contribution < -0.4 is 0 Å². The molecule has 0 bridgehead atoms. The Labute approximate surface area is 472 Å². The van der Waals surface area contributed by atoms with Crippen molar-refractivity contribution in [1.29, 1.82) is 0 Å². The fourth-order valence-electron chi connectivity index (χ4n) is 9.72. The maximum Gasteiger partial charge on any atom is 0.306 e. The van der Waals surface area contributed by atoms with Gasteiger partial charge in [0.1, 0.15) is 13.2 Å². The lowest BCUT2D eigenvalue weighted by molar-refractivity contribution is -0.167. The van der Waals surface area contributed by atoms with E-state index in [0.29, 0.717) is 19.3 Å². The second-order valence-corrected chi connectivity index (χ2v) is 22.4. The summed E-state index contributed by atoms with van der Waals surface area (Å²) in [6.45, 7) is 6.65. The maximum atomic E-state index is 12.9. The SMILES string of the molecule is CCCCCC/C=C\C/C=C\CCCCCCCCCC(=O)OC(COC(=O)CCCCCCCCCC/C=C\C/C=C\C/C=C\CCCCCCC)COC(=O)CCCCCCCCCCCCCCCCCCC. The molecule has 0 amide bonds. The lowest BCUT2D eigenvalue weighted by atomic mass is 10.0. The lowest BCUT2D eigenvalue weighted by Crippen LogP contribution is -2.30. The van der Waals surface area contributed by atoms with Crippen LogP contribution in [0.3, 0.4) is 0 Å². The Morgan fingerprint density at radius 1 is 0.263 bits per heavy atom. The number of ether oxygens (including phenoxy) is 3. The van der Waals surface area contributed by atoms with E-state index in [0.717, 1.165) is 89.9 Å². The maximum absolute atomic E-state index is 12.9. The number of allylic oxidation sites excluding steroid dienone is 10. The number of hydrogen-bond donors (Lipinski definition) is 0. The van der Waals surface area contributed by atoms with Gasteiger partial charge in [-0.05, 0) is 89.9 Å². The second-order valence-electron chi connectivity index (χ2n) is 22.4. The molecule has 0 aromatic rings. The molecule has 76 heavy (non-hydrogen) atoms. The molecule has 0 saturated heterocycles. The van der Waals surface area contributed by atoms with E-state index in [4.69, 9.17) is 14.2 Å². The van der Waals surface area contributed by atoms with Crippen molar-refractivity contribution >= 4 is 17.9 Å². The average molecular weight is 1060 g/mol. The Hall–Kier alpha value is -2.89. The zero-order chi connectivity index (χ0) is 55.0. The fourth-order valence-corrected chi connectivity index (χ4v) is 9.72. The summed E-state index contributed by atoms with van der Waals surface area (Å²) in [7, 11) is 0. The van der Waals surface area contributed by atoms with Crippen molar-refractivity contribution < 1.29 is 28.6 Å². The summed E-state index contributed by atoms with van der Waals surface area (Å²) in [5, 5.41) is 0. The minimum Gasteiger partial charge on any atom is -0.462 e. The van der Waals surface area contributed by atoms with Crippen molar-refractivity contribution in [2.24, 2.45) is 0 Å². The van der Waals surface area contributed by atoms with Gasteiger partial charge in [0.25, 0.3) is 0 Å². The zero-order valence-corrected chi connectivity index (χ0v) is 50.8. The molecule has 6 heteroatoms. The van der Waals surface area contributed by atoms with Crippen LogP contribution in [0.2, 0.25) is 0 Å². The van der Waals surface area contributed by atoms with Crippen molar-refractivity contribution in [2.45, 2.75) is 354 Å². The highest BCUT2D eigenvalue weighted by Crippen LogP contribution is 2.17. The fraction of sp³-hybridized carbons (Fsp3) is 0.814. The predicted molar refractivity (Wildman–Crippen MR) is 330 cm³/mol. The van der Waals surface area contributed by atoms with Gasteiger partial charge in [-0.2, -0.15) is 0 Å². The Morgan fingerprint density at radius 3 is 0.750 bits per heavy atom. The lowest BCUT2D eigenvalue weighted by Gasteiger charge is -2.18. The number of rotatable bonds is 61. The highest BCUT2D eigenvalue weighted by atomic mass is 16.6. The zero-order valence-electron chi connectivity index (χ0n) is 50.8. The first-order valence-electron chi connectivity index (χ1n) is 33.3. The van der Waals surface area contributed by atoms with Crippen LogP contribution in [0.15, 0.2) is 60.8 Å². The highest BCUT2D eigenvalue weighted by Gasteiger charge is 2.19. The summed E-state index contributed by atoms with van der Waals surface area (Å²) in [6, 6.07) is 0. The summed E-state index contributed by atoms with van der Waals surface area (Å²) in [4.78, 5) is 38.4. The van der Waals surface area contributed by atoms with Crippen LogP contribution in [0.5, 0.6) is 0 Å². The normalized spacial score (nSPS) is 12.4. The molecule has 0 aromatic carbocycles. The van der Waals surface area contributed by atoms with E-state index in [-0.39, 0.29) is 31.1 Å². The number of esters is 3. The molecule has 0 aliphatic heterocycles. The summed E-state index contributed by atoms with van der Waals surface area (Å²) in [6.07, 6.45) is 82.2. The Balaban J connectivity index is 4.36. The molecule has 442 valence electrons. The van der Waals surface area contributed by atoms with E-state index in [9.17, 15) is 14.4 Å². The topological polar surface area (TPSA) is 78.9 Å². The van der Waals surface area contributed by atoms with Gasteiger partial charge in [-0.25, -0.2) is 0 Å². The Bertz CT molecular complexity index is 1360. The number of unbranched alkanes of at least 4 members (excludes halogenated alkanes) is 40. The van der Waals surface area contributed by atoms with Crippen molar-refractivity contribution in [3.63, 3.8) is 0 Å². The van der Waals surface area contributed by atoms with Crippen LogP contribution in [0.25, 0.3) is 0 Å². The number of carbonyl (C=O) groups is 3. The van der Waals surface area contributed by atoms with Gasteiger partial charge in [0.15, 0.2) is 6.10 Å². The van der Waals surface area contributed by atoms with Crippen molar-refractivity contribution in [1.82, 2.24) is 0 Å². The predicted octanol–water partition coefficient (Wildman–Crippen LogP) is 22.7. The van der Waals surface area contributed by atoms with E-state index in [1.165, 1.54) is 218 Å². The van der Waals surface area contributed by atoms with Gasteiger partial charge in [0, 0.05) is 19.3 Å². The molecule has 0 aliphatic rings. The smallest absolute Gasteiger partial charge is 0.306 e. The largest absolute Gasteiger partial charge is 0.462 e. The molecule has 0 rings (SSSR count). The summed E-state index contributed by atoms with van der Waals surface area (Å²) in [5.74, 6) is -0.871. The molecule has 0 spiro atoms. The van der Waals surface area contributed by atoms with Gasteiger partial charge < -0.3 is 14.2 Å². The van der Waals surface area contributed by atoms with Crippen LogP contribution in [0.1, 0.15) is 348 Å². The van der Waals surface area contributed by atoms with E-state index in [2.05, 4.69) is 81.5 Å². The van der Waals surface area contributed by atoms with Crippen molar-refractivity contribution in [2.75, 3.05) is 13.2 Å². The minimum absolute atomic E-state index is 0.0765. The standard InChI is InChI=1S/C70H126O6/c1-4-7-10-13-16-19-22-25-28-31-33-34-35-36-37-40-42-45-48-51-54-57-60-63-69(72)75-66-67(65-74-68(71)62-59-56-53-50-47-44-41-38-30-27-24-21-18-15-12-9-6-3)76-70(73)64-61-58-55-52-49-46-43-39-32-29-26-23-20-17-14-11-8-5-2/h20,22-23,25,29,31-33,35-36,67H,4-19,21,24,26-28,30,34,37-66H2,1-3H3/b23-20-,25-22-,32-29-,33-31-,36-35-. The van der Waals surface area contributed by atoms with Crippen LogP contribution in [-0.4, -0.2) is 37.2 Å².